The third-order valence-corrected chi connectivity index (χ3v) is 3.51. The second-order valence-corrected chi connectivity index (χ2v) is 5.01. The molecule has 0 radical (unpaired) electrons. The standard InChI is InChI=1S/C15H17FN2O.2ClH/c16-13-5-3-11(4-6-13)8-14-10-18-15(19-14)12-2-1-7-17-9-12;;/h3-6,10,12,17H,1-2,7-9H2;2*1H. The highest BCUT2D eigenvalue weighted by Gasteiger charge is 2.19. The van der Waals surface area contributed by atoms with Crippen molar-refractivity contribution in [2.45, 2.75) is 25.2 Å². The smallest absolute Gasteiger partial charge is 0.198 e. The quantitative estimate of drug-likeness (QED) is 0.930. The molecule has 21 heavy (non-hydrogen) atoms. The van der Waals surface area contributed by atoms with Crippen LogP contribution in [-0.2, 0) is 6.42 Å². The summed E-state index contributed by atoms with van der Waals surface area (Å²) in [5, 5.41) is 3.36. The predicted octanol–water partition coefficient (Wildman–Crippen LogP) is 3.72. The number of piperidine rings is 1. The summed E-state index contributed by atoms with van der Waals surface area (Å²) in [5.74, 6) is 1.84. The van der Waals surface area contributed by atoms with Crippen molar-refractivity contribution in [2.75, 3.05) is 13.1 Å². The van der Waals surface area contributed by atoms with E-state index < -0.39 is 0 Å². The molecular weight excluding hydrogens is 314 g/mol. The van der Waals surface area contributed by atoms with Crippen LogP contribution in [0.5, 0.6) is 0 Å². The second-order valence-electron chi connectivity index (χ2n) is 5.01. The SMILES string of the molecule is Cl.Cl.Fc1ccc(Cc2cnc(C3CCCNC3)o2)cc1. The minimum atomic E-state index is -0.213. The van der Waals surface area contributed by atoms with Crippen LogP contribution in [0.15, 0.2) is 34.9 Å². The average molecular weight is 333 g/mol. The van der Waals surface area contributed by atoms with Gasteiger partial charge in [0, 0.05) is 18.9 Å². The van der Waals surface area contributed by atoms with Gasteiger partial charge in [-0.15, -0.1) is 24.8 Å². The first kappa shape index (κ1) is 18.0. The van der Waals surface area contributed by atoms with E-state index >= 15 is 0 Å². The topological polar surface area (TPSA) is 38.1 Å². The highest BCUT2D eigenvalue weighted by Crippen LogP contribution is 2.23. The summed E-state index contributed by atoms with van der Waals surface area (Å²) in [6.45, 7) is 2.02. The van der Waals surface area contributed by atoms with Crippen molar-refractivity contribution in [1.82, 2.24) is 10.3 Å². The number of hydrogen-bond donors (Lipinski definition) is 1. The van der Waals surface area contributed by atoms with Crippen LogP contribution < -0.4 is 5.32 Å². The molecule has 1 aliphatic heterocycles. The summed E-state index contributed by atoms with van der Waals surface area (Å²) in [4.78, 5) is 4.37. The summed E-state index contributed by atoms with van der Waals surface area (Å²) in [7, 11) is 0. The number of nitrogens with zero attached hydrogens (tertiary/aromatic N) is 1. The van der Waals surface area contributed by atoms with E-state index in [2.05, 4.69) is 10.3 Å². The molecule has 116 valence electrons. The Bertz CT molecular complexity index is 539. The minimum absolute atomic E-state index is 0. The third kappa shape index (κ3) is 4.70. The maximum Gasteiger partial charge on any atom is 0.198 e. The molecule has 1 N–H and O–H groups in total. The Labute approximate surface area is 136 Å². The second kappa shape index (κ2) is 8.37. The fourth-order valence-electron chi connectivity index (χ4n) is 2.46. The van der Waals surface area contributed by atoms with E-state index in [1.165, 1.54) is 18.6 Å². The molecule has 1 atom stereocenters. The molecule has 2 aromatic rings. The maximum absolute atomic E-state index is 12.8. The van der Waals surface area contributed by atoms with Crippen LogP contribution in [-0.4, -0.2) is 18.1 Å². The summed E-state index contributed by atoms with van der Waals surface area (Å²) in [6, 6.07) is 6.49. The first-order chi connectivity index (χ1) is 9.31. The molecule has 0 saturated carbocycles. The largest absolute Gasteiger partial charge is 0.445 e. The van der Waals surface area contributed by atoms with Gasteiger partial charge in [-0.25, -0.2) is 9.37 Å². The van der Waals surface area contributed by atoms with Gasteiger partial charge in [0.2, 0.25) is 0 Å². The summed E-state index contributed by atoms with van der Waals surface area (Å²) < 4.78 is 18.6. The summed E-state index contributed by atoms with van der Waals surface area (Å²) >= 11 is 0. The normalized spacial score (nSPS) is 17.7. The summed E-state index contributed by atoms with van der Waals surface area (Å²) in [6.07, 6.45) is 4.74. The van der Waals surface area contributed by atoms with E-state index in [0.717, 1.165) is 36.7 Å². The first-order valence-corrected chi connectivity index (χ1v) is 6.71. The highest BCUT2D eigenvalue weighted by molar-refractivity contribution is 5.85. The molecule has 0 amide bonds. The van der Waals surface area contributed by atoms with E-state index in [9.17, 15) is 4.39 Å². The molecule has 1 saturated heterocycles. The Hall–Kier alpha value is -1.10. The van der Waals surface area contributed by atoms with Gasteiger partial charge in [-0.3, -0.25) is 0 Å². The highest BCUT2D eigenvalue weighted by atomic mass is 35.5. The molecule has 6 heteroatoms. The maximum atomic E-state index is 12.8. The van der Waals surface area contributed by atoms with E-state index in [1.807, 2.05) is 0 Å². The van der Waals surface area contributed by atoms with Crippen molar-refractivity contribution in [1.29, 1.82) is 0 Å². The van der Waals surface area contributed by atoms with Crippen molar-refractivity contribution in [3.05, 3.63) is 53.5 Å². The van der Waals surface area contributed by atoms with Gasteiger partial charge in [0.05, 0.1) is 6.20 Å². The van der Waals surface area contributed by atoms with Crippen LogP contribution in [0.2, 0.25) is 0 Å². The number of aromatic nitrogens is 1. The Kier molecular flexibility index (Phi) is 7.15. The summed E-state index contributed by atoms with van der Waals surface area (Å²) in [5.41, 5.74) is 1.03. The predicted molar refractivity (Wildman–Crippen MR) is 85.0 cm³/mol. The lowest BCUT2D eigenvalue weighted by atomic mass is 10.00. The fraction of sp³-hybridized carbons (Fsp3) is 0.400. The Morgan fingerprint density at radius 2 is 2.00 bits per heavy atom. The lowest BCUT2D eigenvalue weighted by Crippen LogP contribution is -2.28. The van der Waals surface area contributed by atoms with Gasteiger partial charge < -0.3 is 9.73 Å². The lowest BCUT2D eigenvalue weighted by Gasteiger charge is -2.19. The van der Waals surface area contributed by atoms with Crippen molar-refractivity contribution in [3.63, 3.8) is 0 Å². The van der Waals surface area contributed by atoms with E-state index in [4.69, 9.17) is 4.42 Å². The molecule has 0 bridgehead atoms. The van der Waals surface area contributed by atoms with Crippen LogP contribution in [0, 0.1) is 5.82 Å². The van der Waals surface area contributed by atoms with Crippen LogP contribution in [0.25, 0.3) is 0 Å². The Morgan fingerprint density at radius 1 is 1.24 bits per heavy atom. The van der Waals surface area contributed by atoms with Crippen LogP contribution in [0.4, 0.5) is 4.39 Å². The number of benzene rings is 1. The van der Waals surface area contributed by atoms with Gasteiger partial charge in [-0.2, -0.15) is 0 Å². The molecule has 1 aromatic carbocycles. The fourth-order valence-corrected chi connectivity index (χ4v) is 2.46. The molecule has 1 unspecified atom stereocenters. The van der Waals surface area contributed by atoms with Gasteiger partial charge >= 0.3 is 0 Å². The molecule has 1 aliphatic rings. The van der Waals surface area contributed by atoms with Crippen molar-refractivity contribution in [3.8, 4) is 0 Å². The van der Waals surface area contributed by atoms with Gasteiger partial charge in [-0.05, 0) is 37.1 Å². The average Bonchev–Trinajstić information content (AvgIpc) is 2.91. The molecular formula is C15H19Cl2FN2O. The molecule has 3 rings (SSSR count). The lowest BCUT2D eigenvalue weighted by molar-refractivity contribution is 0.365. The zero-order valence-corrected chi connectivity index (χ0v) is 13.2. The van der Waals surface area contributed by atoms with Crippen molar-refractivity contribution >= 4 is 24.8 Å². The number of rotatable bonds is 3. The van der Waals surface area contributed by atoms with E-state index in [0.29, 0.717) is 12.3 Å². The third-order valence-electron chi connectivity index (χ3n) is 3.51. The zero-order valence-electron chi connectivity index (χ0n) is 11.5. The van der Waals surface area contributed by atoms with Crippen molar-refractivity contribution in [2.24, 2.45) is 0 Å². The first-order valence-electron chi connectivity index (χ1n) is 6.71. The molecule has 2 heterocycles. The Morgan fingerprint density at radius 3 is 2.67 bits per heavy atom. The van der Waals surface area contributed by atoms with Gasteiger partial charge in [-0.1, -0.05) is 12.1 Å². The number of nitrogens with one attached hydrogen (secondary N) is 1. The van der Waals surface area contributed by atoms with Gasteiger partial charge in [0.15, 0.2) is 5.89 Å². The molecule has 0 aliphatic carbocycles. The van der Waals surface area contributed by atoms with Crippen LogP contribution in [0.1, 0.15) is 36.0 Å². The van der Waals surface area contributed by atoms with E-state index in [-0.39, 0.29) is 30.6 Å². The minimum Gasteiger partial charge on any atom is -0.445 e. The molecule has 1 fully saturated rings. The molecule has 1 aromatic heterocycles. The Balaban J connectivity index is 0.00000110. The van der Waals surface area contributed by atoms with Gasteiger partial charge in [0.25, 0.3) is 0 Å². The van der Waals surface area contributed by atoms with Crippen LogP contribution in [0.3, 0.4) is 0 Å². The monoisotopic (exact) mass is 332 g/mol. The van der Waals surface area contributed by atoms with Crippen molar-refractivity contribution < 1.29 is 8.81 Å². The number of halogens is 3. The van der Waals surface area contributed by atoms with Gasteiger partial charge in [0.1, 0.15) is 11.6 Å². The zero-order chi connectivity index (χ0) is 13.1. The van der Waals surface area contributed by atoms with E-state index in [1.54, 1.807) is 18.3 Å². The molecule has 0 spiro atoms. The number of oxazole rings is 1. The molecule has 3 nitrogen and oxygen atoms in total. The number of hydrogen-bond acceptors (Lipinski definition) is 3. The van der Waals surface area contributed by atoms with Crippen LogP contribution >= 0.6 is 24.8 Å².